The Morgan fingerprint density at radius 2 is 1.80 bits per heavy atom. The van der Waals surface area contributed by atoms with Crippen molar-refractivity contribution in [3.8, 4) is 5.75 Å². The topological polar surface area (TPSA) is 70.0 Å². The van der Waals surface area contributed by atoms with E-state index in [2.05, 4.69) is 4.90 Å². The van der Waals surface area contributed by atoms with Crippen LogP contribution < -0.4 is 4.74 Å². The lowest BCUT2D eigenvalue weighted by atomic mass is 9.83. The SMILES string of the molecule is COC(=O)c1ccc([C@@H]2C[C@@H](C3CC3)CCN2Cc2c(OC)cc(C)c3c2ccn3C(=O)OC(C)(C)C)cc1F. The quantitative estimate of drug-likeness (QED) is 0.307. The smallest absolute Gasteiger partial charge is 0.419 e. The maximum Gasteiger partial charge on any atom is 0.419 e. The highest BCUT2D eigenvalue weighted by Gasteiger charge is 2.39. The minimum Gasteiger partial charge on any atom is -0.496 e. The number of piperidine rings is 1. The molecular formula is C32H39FN2O5. The van der Waals surface area contributed by atoms with Crippen molar-refractivity contribution in [1.29, 1.82) is 0 Å². The number of likely N-dealkylation sites (tertiary alicyclic amines) is 1. The van der Waals surface area contributed by atoms with Gasteiger partial charge in [0.15, 0.2) is 0 Å². The molecule has 1 saturated carbocycles. The van der Waals surface area contributed by atoms with Crippen LogP contribution in [0.15, 0.2) is 36.5 Å². The summed E-state index contributed by atoms with van der Waals surface area (Å²) in [4.78, 5) is 27.4. The largest absolute Gasteiger partial charge is 0.496 e. The van der Waals surface area contributed by atoms with Gasteiger partial charge >= 0.3 is 12.1 Å². The average molecular weight is 551 g/mol. The summed E-state index contributed by atoms with van der Waals surface area (Å²) in [5.74, 6) is 0.844. The highest BCUT2D eigenvalue weighted by atomic mass is 19.1. The summed E-state index contributed by atoms with van der Waals surface area (Å²) >= 11 is 0. The highest BCUT2D eigenvalue weighted by Crippen LogP contribution is 2.47. The van der Waals surface area contributed by atoms with Gasteiger partial charge in [0.2, 0.25) is 0 Å². The van der Waals surface area contributed by atoms with E-state index in [1.54, 1.807) is 17.9 Å². The first-order chi connectivity index (χ1) is 19.0. The molecule has 1 saturated heterocycles. The van der Waals surface area contributed by atoms with E-state index < -0.39 is 23.5 Å². The molecule has 2 fully saturated rings. The molecular weight excluding hydrogens is 511 g/mol. The number of aryl methyl sites for hydroxylation is 1. The monoisotopic (exact) mass is 550 g/mol. The van der Waals surface area contributed by atoms with Crippen molar-refractivity contribution >= 4 is 23.0 Å². The third kappa shape index (κ3) is 5.59. The number of hydrogen-bond acceptors (Lipinski definition) is 6. The van der Waals surface area contributed by atoms with Crippen molar-refractivity contribution in [2.75, 3.05) is 20.8 Å². The number of methoxy groups -OCH3 is 2. The van der Waals surface area contributed by atoms with Gasteiger partial charge in [0.25, 0.3) is 0 Å². The van der Waals surface area contributed by atoms with E-state index in [1.165, 1.54) is 32.1 Å². The number of rotatable bonds is 6. The van der Waals surface area contributed by atoms with Gasteiger partial charge in [-0.1, -0.05) is 6.07 Å². The van der Waals surface area contributed by atoms with E-state index in [0.29, 0.717) is 12.5 Å². The van der Waals surface area contributed by atoms with Crippen LogP contribution in [0.3, 0.4) is 0 Å². The van der Waals surface area contributed by atoms with Gasteiger partial charge in [-0.15, -0.1) is 0 Å². The van der Waals surface area contributed by atoms with Gasteiger partial charge < -0.3 is 14.2 Å². The highest BCUT2D eigenvalue weighted by molar-refractivity contribution is 5.95. The van der Waals surface area contributed by atoms with Crippen LogP contribution in [0.4, 0.5) is 9.18 Å². The molecule has 214 valence electrons. The van der Waals surface area contributed by atoms with Crippen LogP contribution in [-0.4, -0.2) is 47.9 Å². The first kappa shape index (κ1) is 28.1. The number of carbonyl (C=O) groups is 2. The van der Waals surface area contributed by atoms with Crippen molar-refractivity contribution in [1.82, 2.24) is 9.47 Å². The lowest BCUT2D eigenvalue weighted by Gasteiger charge is -2.40. The summed E-state index contributed by atoms with van der Waals surface area (Å²) in [5, 5.41) is 0.929. The Kier molecular flexibility index (Phi) is 7.66. The zero-order valence-electron chi connectivity index (χ0n) is 24.3. The number of halogens is 1. The van der Waals surface area contributed by atoms with Crippen LogP contribution >= 0.6 is 0 Å². The lowest BCUT2D eigenvalue weighted by molar-refractivity contribution is 0.0542. The maximum absolute atomic E-state index is 15.0. The molecule has 2 aliphatic rings. The Bertz CT molecular complexity index is 1440. The fourth-order valence-corrected chi connectivity index (χ4v) is 6.16. The summed E-state index contributed by atoms with van der Waals surface area (Å²) in [6.07, 6.45) is 5.87. The van der Waals surface area contributed by atoms with Crippen LogP contribution in [0.25, 0.3) is 10.9 Å². The van der Waals surface area contributed by atoms with Gasteiger partial charge in [-0.3, -0.25) is 9.47 Å². The van der Waals surface area contributed by atoms with E-state index in [-0.39, 0.29) is 11.6 Å². The van der Waals surface area contributed by atoms with Gasteiger partial charge in [-0.2, -0.15) is 0 Å². The number of carbonyl (C=O) groups excluding carboxylic acids is 2. The number of esters is 1. The van der Waals surface area contributed by atoms with E-state index in [4.69, 9.17) is 14.2 Å². The van der Waals surface area contributed by atoms with E-state index >= 15 is 4.39 Å². The second-order valence-corrected chi connectivity index (χ2v) is 12.1. The predicted molar refractivity (Wildman–Crippen MR) is 151 cm³/mol. The number of fused-ring (bicyclic) bond motifs is 1. The zero-order valence-corrected chi connectivity index (χ0v) is 24.3. The van der Waals surface area contributed by atoms with Crippen molar-refractivity contribution in [3.63, 3.8) is 0 Å². The molecule has 0 unspecified atom stereocenters. The molecule has 0 N–H and O–H groups in total. The van der Waals surface area contributed by atoms with E-state index in [1.807, 2.05) is 45.9 Å². The Morgan fingerprint density at radius 1 is 1.05 bits per heavy atom. The molecule has 0 bridgehead atoms. The first-order valence-corrected chi connectivity index (χ1v) is 14.0. The molecule has 2 aromatic carbocycles. The normalized spacial score (nSPS) is 20.0. The Labute approximate surface area is 235 Å². The molecule has 5 rings (SSSR count). The number of ether oxygens (including phenoxy) is 3. The molecule has 8 heteroatoms. The predicted octanol–water partition coefficient (Wildman–Crippen LogP) is 7.03. The number of benzene rings is 2. The molecule has 7 nitrogen and oxygen atoms in total. The van der Waals surface area contributed by atoms with Crippen molar-refractivity contribution in [2.24, 2.45) is 11.8 Å². The van der Waals surface area contributed by atoms with Gasteiger partial charge in [0.1, 0.15) is 17.2 Å². The van der Waals surface area contributed by atoms with Crippen LogP contribution in [-0.2, 0) is 16.0 Å². The molecule has 2 heterocycles. The second kappa shape index (κ2) is 10.9. The minimum atomic E-state index is -0.679. The summed E-state index contributed by atoms with van der Waals surface area (Å²) in [6, 6.07) is 8.76. The van der Waals surface area contributed by atoms with E-state index in [9.17, 15) is 9.59 Å². The molecule has 1 aliphatic heterocycles. The van der Waals surface area contributed by atoms with E-state index in [0.717, 1.165) is 58.6 Å². The molecule has 1 aromatic heterocycles. The molecule has 1 aliphatic carbocycles. The standard InChI is InChI=1S/C32H39FN2O5/c1-19-15-28(38-5)25(23-12-14-35(29(19)23)31(37)40-32(2,3)4)18-34-13-11-21(20-7-8-20)17-27(34)22-9-10-24(26(33)16-22)30(36)39-6/h9-10,12,14-16,20-21,27H,7-8,11,13,17-18H2,1-6H3/t21-,27-/m0/s1. The fraction of sp³-hybridized carbons (Fsp3) is 0.500. The summed E-state index contributed by atoms with van der Waals surface area (Å²) < 4.78 is 32.9. The number of nitrogens with zero attached hydrogens (tertiary/aromatic N) is 2. The molecule has 0 amide bonds. The summed E-state index contributed by atoms with van der Waals surface area (Å²) in [7, 11) is 2.91. The van der Waals surface area contributed by atoms with Crippen LogP contribution in [0.2, 0.25) is 0 Å². The average Bonchev–Trinajstić information content (AvgIpc) is 3.66. The maximum atomic E-state index is 15.0. The summed E-state index contributed by atoms with van der Waals surface area (Å²) in [6.45, 7) is 8.95. The number of hydrogen-bond donors (Lipinski definition) is 0. The number of aromatic nitrogens is 1. The second-order valence-electron chi connectivity index (χ2n) is 12.1. The van der Waals surface area contributed by atoms with Crippen LogP contribution in [0, 0.1) is 24.6 Å². The van der Waals surface area contributed by atoms with Gasteiger partial charge in [0, 0.05) is 29.7 Å². The lowest BCUT2D eigenvalue weighted by Crippen LogP contribution is -2.37. The van der Waals surface area contributed by atoms with Crippen LogP contribution in [0.1, 0.15) is 79.5 Å². The van der Waals surface area contributed by atoms with Crippen molar-refractivity contribution in [2.45, 2.75) is 71.6 Å². The molecule has 3 aromatic rings. The van der Waals surface area contributed by atoms with Crippen molar-refractivity contribution < 1.29 is 28.2 Å². The minimum absolute atomic E-state index is 0.0189. The Hall–Kier alpha value is -3.39. The Balaban J connectivity index is 1.53. The molecule has 40 heavy (non-hydrogen) atoms. The van der Waals surface area contributed by atoms with Gasteiger partial charge in [-0.05, 0) is 107 Å². The molecule has 2 atom stereocenters. The molecule has 0 spiro atoms. The summed E-state index contributed by atoms with van der Waals surface area (Å²) in [5.41, 5.74) is 2.86. The zero-order chi connectivity index (χ0) is 28.8. The van der Waals surface area contributed by atoms with Gasteiger partial charge in [0.05, 0.1) is 25.3 Å². The third-order valence-electron chi connectivity index (χ3n) is 8.23. The third-order valence-corrected chi connectivity index (χ3v) is 8.23. The Morgan fingerprint density at radius 3 is 2.42 bits per heavy atom. The van der Waals surface area contributed by atoms with Crippen LogP contribution in [0.5, 0.6) is 5.75 Å². The molecule has 0 radical (unpaired) electrons. The first-order valence-electron chi connectivity index (χ1n) is 14.0. The van der Waals surface area contributed by atoms with Crippen molar-refractivity contribution in [3.05, 3.63) is 64.6 Å². The van der Waals surface area contributed by atoms with Gasteiger partial charge in [-0.25, -0.2) is 14.0 Å². The fourth-order valence-electron chi connectivity index (χ4n) is 6.16.